The average Bonchev–Trinajstić information content (AvgIpc) is 2.67. The molecule has 0 fully saturated rings. The predicted octanol–water partition coefficient (Wildman–Crippen LogP) is 0.824. The Morgan fingerprint density at radius 3 is 2.64 bits per heavy atom. The van der Waals surface area contributed by atoms with E-state index in [4.69, 9.17) is 4.74 Å². The summed E-state index contributed by atoms with van der Waals surface area (Å²) in [6.45, 7) is 10.9. The molecule has 0 saturated carbocycles. The van der Waals surface area contributed by atoms with E-state index in [-0.39, 0.29) is 36.8 Å². The van der Waals surface area contributed by atoms with Gasteiger partial charge in [-0.25, -0.2) is 0 Å². The molecule has 1 aromatic carbocycles. The summed E-state index contributed by atoms with van der Waals surface area (Å²) in [6.07, 6.45) is 1.94. The first-order chi connectivity index (χ1) is 13.3. The summed E-state index contributed by atoms with van der Waals surface area (Å²) in [5, 5.41) is 2.98. The topological polar surface area (TPSA) is 80.2 Å². The highest BCUT2D eigenvalue weighted by Gasteiger charge is 2.28. The molecule has 0 unspecified atom stereocenters. The monoisotopic (exact) mass is 390 g/mol. The van der Waals surface area contributed by atoms with Crippen LogP contribution in [0.25, 0.3) is 0 Å². The van der Waals surface area contributed by atoms with Crippen LogP contribution in [0, 0.1) is 0 Å². The zero-order chi connectivity index (χ0) is 20.7. The summed E-state index contributed by atoms with van der Waals surface area (Å²) in [4.78, 5) is 39.4. The van der Waals surface area contributed by atoms with Crippen molar-refractivity contribution in [3.8, 4) is 5.75 Å². The molecule has 28 heavy (non-hydrogen) atoms. The molecule has 7 nitrogen and oxygen atoms in total. The van der Waals surface area contributed by atoms with E-state index >= 15 is 0 Å². The molecule has 2 rings (SSSR count). The Kier molecular flexibility index (Phi) is 7.99. The fraction of sp³-hybridized carbons (Fsp3) is 0.571. The van der Waals surface area contributed by atoms with Crippen LogP contribution in [-0.2, 0) is 9.59 Å². The number of benzene rings is 1. The molecule has 0 aromatic heterocycles. The first-order valence-electron chi connectivity index (χ1n) is 10.1. The number of ketones is 1. The Bertz CT molecular complexity index is 716. The largest absolute Gasteiger partial charge is 0.482 e. The van der Waals surface area contributed by atoms with Gasteiger partial charge >= 0.3 is 0 Å². The van der Waals surface area contributed by atoms with Crippen molar-refractivity contribution in [1.82, 2.24) is 5.32 Å². The van der Waals surface area contributed by atoms with E-state index in [1.54, 1.807) is 23.1 Å². The summed E-state index contributed by atoms with van der Waals surface area (Å²) in [5.74, 6) is -0.0972. The Morgan fingerprint density at radius 2 is 2.00 bits per heavy atom. The number of hydrogen-bond donors (Lipinski definition) is 2. The number of anilines is 1. The van der Waals surface area contributed by atoms with Gasteiger partial charge in [-0.15, -0.1) is 0 Å². The van der Waals surface area contributed by atoms with Crippen LogP contribution >= 0.6 is 0 Å². The lowest BCUT2D eigenvalue weighted by Crippen LogP contribution is -3.11. The van der Waals surface area contributed by atoms with Gasteiger partial charge in [0.05, 0.1) is 25.3 Å². The second kappa shape index (κ2) is 10.2. The van der Waals surface area contributed by atoms with E-state index in [0.29, 0.717) is 17.0 Å². The van der Waals surface area contributed by atoms with Crippen LogP contribution in [0.15, 0.2) is 18.2 Å². The van der Waals surface area contributed by atoms with E-state index in [0.717, 1.165) is 32.5 Å². The SMILES string of the molecule is CC[NH+](CC)CCC[C@H](C)NC(=O)CN1C(=O)COc2ccc(C(C)=O)cc21. The van der Waals surface area contributed by atoms with Gasteiger partial charge in [0.1, 0.15) is 12.3 Å². The van der Waals surface area contributed by atoms with E-state index in [2.05, 4.69) is 19.2 Å². The lowest BCUT2D eigenvalue weighted by Gasteiger charge is -2.29. The molecule has 0 aliphatic carbocycles. The lowest BCUT2D eigenvalue weighted by molar-refractivity contribution is -0.896. The van der Waals surface area contributed by atoms with Gasteiger partial charge in [-0.05, 0) is 58.7 Å². The molecule has 1 heterocycles. The number of nitrogens with zero attached hydrogens (tertiary/aromatic N) is 1. The fourth-order valence-electron chi connectivity index (χ4n) is 3.39. The molecule has 1 aliphatic heterocycles. The van der Waals surface area contributed by atoms with Crippen LogP contribution in [0.5, 0.6) is 5.75 Å². The number of nitrogens with one attached hydrogen (secondary N) is 2. The summed E-state index contributed by atoms with van der Waals surface area (Å²) in [7, 11) is 0. The number of Topliss-reactive ketones (excluding diaryl/α,β-unsaturated/α-hetero) is 1. The number of carbonyl (C=O) groups is 3. The lowest BCUT2D eigenvalue weighted by atomic mass is 10.1. The minimum Gasteiger partial charge on any atom is -0.482 e. The van der Waals surface area contributed by atoms with Gasteiger partial charge in [0.25, 0.3) is 5.91 Å². The van der Waals surface area contributed by atoms with Gasteiger partial charge < -0.3 is 15.0 Å². The average molecular weight is 391 g/mol. The maximum Gasteiger partial charge on any atom is 0.265 e. The summed E-state index contributed by atoms with van der Waals surface area (Å²) in [6, 6.07) is 4.98. The van der Waals surface area contributed by atoms with Crippen LogP contribution in [-0.4, -0.2) is 56.4 Å². The number of amides is 2. The quantitative estimate of drug-likeness (QED) is 0.580. The highest BCUT2D eigenvalue weighted by molar-refractivity contribution is 6.04. The summed E-state index contributed by atoms with van der Waals surface area (Å²) in [5.41, 5.74) is 0.951. The Balaban J connectivity index is 1.95. The number of rotatable bonds is 10. The third kappa shape index (κ3) is 5.79. The van der Waals surface area contributed by atoms with Crippen LogP contribution in [0.4, 0.5) is 5.69 Å². The van der Waals surface area contributed by atoms with Gasteiger partial charge in [0, 0.05) is 11.6 Å². The number of hydrogen-bond acceptors (Lipinski definition) is 4. The molecule has 154 valence electrons. The number of quaternary nitrogens is 1. The van der Waals surface area contributed by atoms with Crippen molar-refractivity contribution in [3.63, 3.8) is 0 Å². The van der Waals surface area contributed by atoms with Gasteiger partial charge in [0.15, 0.2) is 12.4 Å². The zero-order valence-corrected chi connectivity index (χ0v) is 17.3. The van der Waals surface area contributed by atoms with Crippen LogP contribution in [0.2, 0.25) is 0 Å². The van der Waals surface area contributed by atoms with Crippen molar-refractivity contribution in [2.75, 3.05) is 37.7 Å². The molecule has 7 heteroatoms. The van der Waals surface area contributed by atoms with Crippen molar-refractivity contribution in [1.29, 1.82) is 0 Å². The van der Waals surface area contributed by atoms with Crippen molar-refractivity contribution in [2.24, 2.45) is 0 Å². The first kappa shape index (κ1) is 21.9. The standard InChI is InChI=1S/C21H31N3O4/c1-5-23(6-2)11-7-8-15(3)22-20(26)13-24-18-12-17(16(4)25)9-10-19(18)28-14-21(24)27/h9-10,12,15H,5-8,11,13-14H2,1-4H3,(H,22,26)/p+1/t15-/m0/s1. The number of fused-ring (bicyclic) bond motifs is 1. The normalized spacial score (nSPS) is 14.5. The van der Waals surface area contributed by atoms with E-state index in [1.807, 2.05) is 6.92 Å². The van der Waals surface area contributed by atoms with Crippen molar-refractivity contribution >= 4 is 23.3 Å². The molecule has 0 spiro atoms. The fourth-order valence-corrected chi connectivity index (χ4v) is 3.39. The molecule has 2 amide bonds. The molecule has 1 aromatic rings. The molecular weight excluding hydrogens is 358 g/mol. The van der Waals surface area contributed by atoms with Gasteiger partial charge in [0.2, 0.25) is 5.91 Å². The molecular formula is C21H32N3O4+. The highest BCUT2D eigenvalue weighted by atomic mass is 16.5. The third-order valence-corrected chi connectivity index (χ3v) is 5.19. The molecule has 0 saturated heterocycles. The van der Waals surface area contributed by atoms with Crippen LogP contribution in [0.3, 0.4) is 0 Å². The van der Waals surface area contributed by atoms with Gasteiger partial charge in [-0.1, -0.05) is 0 Å². The second-order valence-corrected chi connectivity index (χ2v) is 7.33. The molecule has 0 bridgehead atoms. The molecule has 1 atom stereocenters. The Morgan fingerprint density at radius 1 is 1.29 bits per heavy atom. The number of ether oxygens (including phenoxy) is 1. The van der Waals surface area contributed by atoms with Crippen LogP contribution < -0.4 is 19.9 Å². The van der Waals surface area contributed by atoms with Gasteiger partial charge in [-0.2, -0.15) is 0 Å². The Labute approximate surface area is 167 Å². The third-order valence-electron chi connectivity index (χ3n) is 5.19. The predicted molar refractivity (Wildman–Crippen MR) is 108 cm³/mol. The van der Waals surface area contributed by atoms with Crippen molar-refractivity contribution < 1.29 is 24.0 Å². The van der Waals surface area contributed by atoms with E-state index in [1.165, 1.54) is 11.8 Å². The molecule has 0 radical (unpaired) electrons. The van der Waals surface area contributed by atoms with Crippen molar-refractivity contribution in [3.05, 3.63) is 23.8 Å². The van der Waals surface area contributed by atoms with Crippen LogP contribution in [0.1, 0.15) is 50.9 Å². The Hall–Kier alpha value is -2.41. The summed E-state index contributed by atoms with van der Waals surface area (Å²) >= 11 is 0. The smallest absolute Gasteiger partial charge is 0.265 e. The van der Waals surface area contributed by atoms with Gasteiger partial charge in [-0.3, -0.25) is 19.3 Å². The molecule has 2 N–H and O–H groups in total. The first-order valence-corrected chi connectivity index (χ1v) is 10.1. The summed E-state index contributed by atoms with van der Waals surface area (Å²) < 4.78 is 5.42. The van der Waals surface area contributed by atoms with E-state index < -0.39 is 0 Å². The zero-order valence-electron chi connectivity index (χ0n) is 17.3. The maximum atomic E-state index is 12.5. The molecule has 1 aliphatic rings. The van der Waals surface area contributed by atoms with Crippen molar-refractivity contribution in [2.45, 2.75) is 46.6 Å². The van der Waals surface area contributed by atoms with E-state index in [9.17, 15) is 14.4 Å². The minimum absolute atomic E-state index is 0.0432. The highest BCUT2D eigenvalue weighted by Crippen LogP contribution is 2.32. The maximum absolute atomic E-state index is 12.5. The second-order valence-electron chi connectivity index (χ2n) is 7.33. The minimum atomic E-state index is -0.291. The number of carbonyl (C=O) groups excluding carboxylic acids is 3.